The van der Waals surface area contributed by atoms with Crippen molar-refractivity contribution in [1.82, 2.24) is 10.4 Å². The first-order valence-corrected chi connectivity index (χ1v) is 5.94. The van der Waals surface area contributed by atoms with Crippen LogP contribution in [0.3, 0.4) is 0 Å². The Morgan fingerprint density at radius 1 is 1.32 bits per heavy atom. The van der Waals surface area contributed by atoms with Gasteiger partial charge in [0.1, 0.15) is 5.01 Å². The van der Waals surface area contributed by atoms with E-state index in [1.807, 2.05) is 0 Å². The van der Waals surface area contributed by atoms with Gasteiger partial charge in [-0.15, -0.1) is 23.7 Å². The highest BCUT2D eigenvalue weighted by molar-refractivity contribution is 7.09. The van der Waals surface area contributed by atoms with Crippen molar-refractivity contribution in [2.75, 3.05) is 0 Å². The Balaban J connectivity index is 0.00000180. The number of hydrazine groups is 1. The molecule has 1 aromatic heterocycles. The quantitative estimate of drug-likeness (QED) is 0.676. The Hall–Kier alpha value is -1.15. The lowest BCUT2D eigenvalue weighted by atomic mass is 10.1. The Labute approximate surface area is 118 Å². The minimum Gasteiger partial charge on any atom is -0.271 e. The fourth-order valence-electron chi connectivity index (χ4n) is 1.47. The molecule has 0 saturated heterocycles. The minimum atomic E-state index is -4.34. The maximum absolute atomic E-state index is 12.6. The van der Waals surface area contributed by atoms with E-state index < -0.39 is 11.7 Å². The van der Waals surface area contributed by atoms with E-state index in [9.17, 15) is 13.2 Å². The third kappa shape index (κ3) is 3.90. The number of aromatic nitrogens is 1. The maximum atomic E-state index is 12.6. The lowest BCUT2D eigenvalue weighted by molar-refractivity contribution is -0.137. The van der Waals surface area contributed by atoms with Gasteiger partial charge < -0.3 is 0 Å². The summed E-state index contributed by atoms with van der Waals surface area (Å²) in [5.74, 6) is 5.16. The van der Waals surface area contributed by atoms with Crippen LogP contribution in [0.4, 0.5) is 13.2 Å². The van der Waals surface area contributed by atoms with Crippen LogP contribution >= 0.6 is 23.7 Å². The molecule has 0 aliphatic rings. The van der Waals surface area contributed by atoms with Crippen LogP contribution in [0.1, 0.15) is 10.6 Å². The largest absolute Gasteiger partial charge is 0.416 e. The van der Waals surface area contributed by atoms with Gasteiger partial charge in [0.05, 0.1) is 17.8 Å². The van der Waals surface area contributed by atoms with Crippen LogP contribution in [-0.4, -0.2) is 4.98 Å². The van der Waals surface area contributed by atoms with Crippen LogP contribution in [0.15, 0.2) is 29.6 Å². The molecule has 3 nitrogen and oxygen atoms in total. The van der Waals surface area contributed by atoms with Crippen molar-refractivity contribution >= 4 is 23.7 Å². The first-order chi connectivity index (χ1) is 8.50. The normalized spacial score (nSPS) is 11.2. The number of nitrogens with zero attached hydrogens (tertiary/aromatic N) is 1. The predicted octanol–water partition coefficient (Wildman–Crippen LogP) is 3.21. The highest BCUT2D eigenvalue weighted by Gasteiger charge is 2.30. The number of halogens is 4. The molecule has 0 bridgehead atoms. The third-order valence-electron chi connectivity index (χ3n) is 2.29. The van der Waals surface area contributed by atoms with Crippen LogP contribution in [-0.2, 0) is 12.7 Å². The summed E-state index contributed by atoms with van der Waals surface area (Å²) >= 11 is 1.35. The van der Waals surface area contributed by atoms with E-state index in [4.69, 9.17) is 5.84 Å². The van der Waals surface area contributed by atoms with Crippen molar-refractivity contribution in [3.8, 4) is 11.3 Å². The van der Waals surface area contributed by atoms with E-state index in [2.05, 4.69) is 10.4 Å². The van der Waals surface area contributed by atoms with E-state index in [0.29, 0.717) is 17.8 Å². The van der Waals surface area contributed by atoms with Gasteiger partial charge in [0.25, 0.3) is 0 Å². The molecule has 0 atom stereocenters. The molecule has 0 spiro atoms. The SMILES string of the molecule is Cl.NNCc1nc(-c2cccc(C(F)(F)F)c2)cs1. The van der Waals surface area contributed by atoms with E-state index >= 15 is 0 Å². The molecule has 1 heterocycles. The molecule has 1 aromatic carbocycles. The summed E-state index contributed by atoms with van der Waals surface area (Å²) < 4.78 is 37.7. The lowest BCUT2D eigenvalue weighted by Gasteiger charge is -2.07. The van der Waals surface area contributed by atoms with Gasteiger partial charge in [-0.1, -0.05) is 12.1 Å². The summed E-state index contributed by atoms with van der Waals surface area (Å²) in [6.45, 7) is 0.392. The van der Waals surface area contributed by atoms with E-state index in [0.717, 1.165) is 17.1 Å². The average Bonchev–Trinajstić information content (AvgIpc) is 2.77. The Morgan fingerprint density at radius 3 is 2.68 bits per heavy atom. The molecule has 19 heavy (non-hydrogen) atoms. The third-order valence-corrected chi connectivity index (χ3v) is 3.14. The molecule has 0 amide bonds. The van der Waals surface area contributed by atoms with Gasteiger partial charge in [0, 0.05) is 10.9 Å². The number of hydrogen-bond donors (Lipinski definition) is 2. The van der Waals surface area contributed by atoms with E-state index in [1.165, 1.54) is 17.4 Å². The van der Waals surface area contributed by atoms with Crippen molar-refractivity contribution < 1.29 is 13.2 Å². The minimum absolute atomic E-state index is 0. The van der Waals surface area contributed by atoms with E-state index in [1.54, 1.807) is 11.4 Å². The lowest BCUT2D eigenvalue weighted by Crippen LogP contribution is -2.20. The van der Waals surface area contributed by atoms with Crippen molar-refractivity contribution in [2.45, 2.75) is 12.7 Å². The van der Waals surface area contributed by atoms with Crippen molar-refractivity contribution in [2.24, 2.45) is 5.84 Å². The smallest absolute Gasteiger partial charge is 0.271 e. The van der Waals surface area contributed by atoms with Gasteiger partial charge in [-0.25, -0.2) is 4.98 Å². The van der Waals surface area contributed by atoms with Gasteiger partial charge in [-0.2, -0.15) is 13.2 Å². The number of thiazole rings is 1. The maximum Gasteiger partial charge on any atom is 0.416 e. The van der Waals surface area contributed by atoms with Crippen molar-refractivity contribution in [3.63, 3.8) is 0 Å². The zero-order chi connectivity index (χ0) is 13.2. The van der Waals surface area contributed by atoms with Gasteiger partial charge in [0.2, 0.25) is 0 Å². The number of benzene rings is 1. The summed E-state index contributed by atoms with van der Waals surface area (Å²) in [4.78, 5) is 4.20. The summed E-state index contributed by atoms with van der Waals surface area (Å²) in [7, 11) is 0. The standard InChI is InChI=1S/C11H10F3N3S.ClH/c12-11(13,14)8-3-1-2-7(4-8)9-6-18-10(17-9)5-16-15;/h1-4,6,16H,5,15H2;1H. The molecular weight excluding hydrogens is 299 g/mol. The van der Waals surface area contributed by atoms with Crippen LogP contribution in [0.2, 0.25) is 0 Å². The van der Waals surface area contributed by atoms with E-state index in [-0.39, 0.29) is 12.4 Å². The monoisotopic (exact) mass is 309 g/mol. The average molecular weight is 310 g/mol. The molecule has 0 aliphatic heterocycles. The zero-order valence-electron chi connectivity index (χ0n) is 9.57. The number of hydrogen-bond acceptors (Lipinski definition) is 4. The number of alkyl halides is 3. The van der Waals surface area contributed by atoms with Gasteiger partial charge in [0.15, 0.2) is 0 Å². The van der Waals surface area contributed by atoms with Crippen molar-refractivity contribution in [3.05, 3.63) is 40.2 Å². The molecule has 0 unspecified atom stereocenters. The molecule has 0 saturated carbocycles. The van der Waals surface area contributed by atoms with Crippen LogP contribution < -0.4 is 11.3 Å². The summed E-state index contributed by atoms with van der Waals surface area (Å²) in [5.41, 5.74) is 2.75. The van der Waals surface area contributed by atoms with Gasteiger partial charge in [-0.05, 0) is 12.1 Å². The highest BCUT2D eigenvalue weighted by atomic mass is 35.5. The zero-order valence-corrected chi connectivity index (χ0v) is 11.2. The summed E-state index contributed by atoms with van der Waals surface area (Å²) in [6, 6.07) is 5.11. The molecule has 0 aliphatic carbocycles. The molecule has 0 radical (unpaired) electrons. The Bertz CT molecular complexity index is 542. The topological polar surface area (TPSA) is 50.9 Å². The fourth-order valence-corrected chi connectivity index (χ4v) is 2.22. The van der Waals surface area contributed by atoms with Crippen LogP contribution in [0.5, 0.6) is 0 Å². The van der Waals surface area contributed by atoms with Crippen LogP contribution in [0.25, 0.3) is 11.3 Å². The molecule has 8 heteroatoms. The Morgan fingerprint density at radius 2 is 2.05 bits per heavy atom. The number of nitrogens with two attached hydrogens (primary N) is 1. The molecule has 3 N–H and O–H groups in total. The molecule has 0 fully saturated rings. The number of nitrogens with one attached hydrogen (secondary N) is 1. The first-order valence-electron chi connectivity index (χ1n) is 5.06. The fraction of sp³-hybridized carbons (Fsp3) is 0.182. The summed E-state index contributed by atoms with van der Waals surface area (Å²) in [5, 5.41) is 2.44. The predicted molar refractivity (Wildman–Crippen MR) is 70.8 cm³/mol. The van der Waals surface area contributed by atoms with Gasteiger partial charge in [-0.3, -0.25) is 11.3 Å². The first kappa shape index (κ1) is 15.9. The van der Waals surface area contributed by atoms with Gasteiger partial charge >= 0.3 is 6.18 Å². The van der Waals surface area contributed by atoms with Crippen LogP contribution in [0, 0.1) is 0 Å². The molecule has 104 valence electrons. The molecular formula is C11H11ClF3N3S. The highest BCUT2D eigenvalue weighted by Crippen LogP contribution is 2.32. The number of rotatable bonds is 3. The second-order valence-corrected chi connectivity index (χ2v) is 4.53. The second kappa shape index (κ2) is 6.33. The molecule has 2 aromatic rings. The summed E-state index contributed by atoms with van der Waals surface area (Å²) in [6.07, 6.45) is -4.34. The second-order valence-electron chi connectivity index (χ2n) is 3.59. The Kier molecular flexibility index (Phi) is 5.30. The van der Waals surface area contributed by atoms with Crippen molar-refractivity contribution in [1.29, 1.82) is 0 Å². The molecule has 2 rings (SSSR count).